The summed E-state index contributed by atoms with van der Waals surface area (Å²) in [4.78, 5) is 4.66. The number of hydrogen-bond donors (Lipinski definition) is 1. The Labute approximate surface area is 117 Å². The van der Waals surface area contributed by atoms with Gasteiger partial charge in [0.1, 0.15) is 0 Å². The zero-order chi connectivity index (χ0) is 13.9. The van der Waals surface area contributed by atoms with Crippen LogP contribution in [0.2, 0.25) is 0 Å². The van der Waals surface area contributed by atoms with Crippen LogP contribution < -0.4 is 10.5 Å². The maximum Gasteiger partial charge on any atom is 0.180 e. The van der Waals surface area contributed by atoms with Crippen LogP contribution in [0.5, 0.6) is 5.75 Å². The fraction of sp³-hybridized carbons (Fsp3) is 0.188. The summed E-state index contributed by atoms with van der Waals surface area (Å²) < 4.78 is 7.72. The van der Waals surface area contributed by atoms with Gasteiger partial charge in [-0.1, -0.05) is 19.1 Å². The molecule has 0 saturated heterocycles. The van der Waals surface area contributed by atoms with E-state index in [0.29, 0.717) is 6.61 Å². The Morgan fingerprint density at radius 2 is 2.00 bits per heavy atom. The van der Waals surface area contributed by atoms with Crippen LogP contribution in [0.3, 0.4) is 0 Å². The van der Waals surface area contributed by atoms with Gasteiger partial charge in [-0.25, -0.2) is 4.98 Å². The molecule has 0 fully saturated rings. The second-order valence-corrected chi connectivity index (χ2v) is 4.70. The summed E-state index contributed by atoms with van der Waals surface area (Å²) in [6.45, 7) is 2.79. The number of hydrogen-bond acceptors (Lipinski definition) is 3. The monoisotopic (exact) mass is 267 g/mol. The van der Waals surface area contributed by atoms with Crippen LogP contribution in [0, 0.1) is 0 Å². The van der Waals surface area contributed by atoms with Crippen LogP contribution in [0.4, 0.5) is 5.69 Å². The van der Waals surface area contributed by atoms with Crippen molar-refractivity contribution < 1.29 is 4.74 Å². The van der Waals surface area contributed by atoms with E-state index < -0.39 is 0 Å². The molecule has 20 heavy (non-hydrogen) atoms. The number of aromatic nitrogens is 2. The van der Waals surface area contributed by atoms with E-state index in [0.717, 1.165) is 34.8 Å². The Morgan fingerprint density at radius 3 is 2.75 bits per heavy atom. The Balaban J connectivity index is 2.03. The summed E-state index contributed by atoms with van der Waals surface area (Å²) in [5.74, 6) is 0.816. The summed E-state index contributed by atoms with van der Waals surface area (Å²) in [7, 11) is 0. The van der Waals surface area contributed by atoms with Crippen LogP contribution in [0.15, 0.2) is 48.8 Å². The number of benzene rings is 1. The number of ether oxygens (including phenoxy) is 1. The minimum absolute atomic E-state index is 0.698. The second kappa shape index (κ2) is 5.25. The molecule has 0 spiro atoms. The molecule has 4 heteroatoms. The van der Waals surface area contributed by atoms with Gasteiger partial charge in [-0.15, -0.1) is 0 Å². The van der Waals surface area contributed by atoms with Crippen molar-refractivity contribution in [1.29, 1.82) is 0 Å². The van der Waals surface area contributed by atoms with Crippen molar-refractivity contribution in [2.45, 2.75) is 13.3 Å². The molecule has 0 saturated carbocycles. The van der Waals surface area contributed by atoms with E-state index in [1.54, 1.807) is 0 Å². The normalized spacial score (nSPS) is 10.8. The number of nitrogen functional groups attached to an aromatic ring is 1. The summed E-state index contributed by atoms with van der Waals surface area (Å²) >= 11 is 0. The zero-order valence-corrected chi connectivity index (χ0v) is 11.4. The topological polar surface area (TPSA) is 52.5 Å². The zero-order valence-electron chi connectivity index (χ0n) is 11.4. The minimum Gasteiger partial charge on any atom is -0.490 e. The quantitative estimate of drug-likeness (QED) is 0.737. The van der Waals surface area contributed by atoms with Crippen molar-refractivity contribution in [3.8, 4) is 17.0 Å². The van der Waals surface area contributed by atoms with E-state index in [4.69, 9.17) is 10.5 Å². The van der Waals surface area contributed by atoms with Crippen LogP contribution in [-0.2, 0) is 0 Å². The number of rotatable bonds is 4. The predicted octanol–water partition coefficient (Wildman–Crippen LogP) is 3.37. The van der Waals surface area contributed by atoms with Gasteiger partial charge >= 0.3 is 0 Å². The van der Waals surface area contributed by atoms with Gasteiger partial charge in [0.25, 0.3) is 0 Å². The third-order valence-electron chi connectivity index (χ3n) is 3.12. The van der Waals surface area contributed by atoms with Gasteiger partial charge < -0.3 is 14.9 Å². The van der Waals surface area contributed by atoms with Crippen molar-refractivity contribution in [3.63, 3.8) is 0 Å². The molecular weight excluding hydrogens is 250 g/mol. The number of pyridine rings is 1. The van der Waals surface area contributed by atoms with Crippen LogP contribution in [0.1, 0.15) is 13.3 Å². The van der Waals surface area contributed by atoms with Gasteiger partial charge in [0.15, 0.2) is 11.4 Å². The smallest absolute Gasteiger partial charge is 0.180 e. The average molecular weight is 267 g/mol. The number of imidazole rings is 1. The molecule has 0 amide bonds. The summed E-state index contributed by atoms with van der Waals surface area (Å²) in [6.07, 6.45) is 4.95. The largest absolute Gasteiger partial charge is 0.490 e. The molecule has 0 atom stereocenters. The fourth-order valence-corrected chi connectivity index (χ4v) is 2.10. The van der Waals surface area contributed by atoms with E-state index in [9.17, 15) is 0 Å². The Kier molecular flexibility index (Phi) is 3.29. The molecule has 0 aliphatic rings. The maximum atomic E-state index is 5.73. The van der Waals surface area contributed by atoms with Gasteiger partial charge in [-0.2, -0.15) is 0 Å². The standard InChI is InChI=1S/C16H17N3O/c1-2-10-20-15-4-3-9-19-11-14(18-16(15)19)12-5-7-13(17)8-6-12/h3-9,11H,2,10,17H2,1H3. The Bertz CT molecular complexity index is 716. The molecule has 2 aromatic heterocycles. The van der Waals surface area contributed by atoms with Crippen LogP contribution in [0.25, 0.3) is 16.9 Å². The molecule has 3 aromatic rings. The van der Waals surface area contributed by atoms with Gasteiger partial charge in [-0.05, 0) is 30.7 Å². The van der Waals surface area contributed by atoms with E-state index >= 15 is 0 Å². The molecule has 1 aromatic carbocycles. The average Bonchev–Trinajstić information content (AvgIpc) is 2.90. The van der Waals surface area contributed by atoms with Gasteiger partial charge in [0.2, 0.25) is 0 Å². The van der Waals surface area contributed by atoms with E-state index in [-0.39, 0.29) is 0 Å². The first-order chi connectivity index (χ1) is 9.78. The summed E-state index contributed by atoms with van der Waals surface area (Å²) in [5, 5.41) is 0. The lowest BCUT2D eigenvalue weighted by molar-refractivity contribution is 0.319. The highest BCUT2D eigenvalue weighted by molar-refractivity contribution is 5.67. The minimum atomic E-state index is 0.698. The van der Waals surface area contributed by atoms with Crippen molar-refractivity contribution in [2.24, 2.45) is 0 Å². The van der Waals surface area contributed by atoms with Crippen molar-refractivity contribution in [2.75, 3.05) is 12.3 Å². The molecule has 0 aliphatic carbocycles. The lowest BCUT2D eigenvalue weighted by atomic mass is 10.1. The maximum absolute atomic E-state index is 5.73. The van der Waals surface area contributed by atoms with Gasteiger partial charge in [0.05, 0.1) is 12.3 Å². The highest BCUT2D eigenvalue weighted by Gasteiger charge is 2.08. The highest BCUT2D eigenvalue weighted by atomic mass is 16.5. The first-order valence-corrected chi connectivity index (χ1v) is 6.74. The molecule has 3 rings (SSSR count). The van der Waals surface area contributed by atoms with E-state index in [1.165, 1.54) is 0 Å². The molecular formula is C16H17N3O. The van der Waals surface area contributed by atoms with Crippen LogP contribution in [-0.4, -0.2) is 16.0 Å². The molecule has 102 valence electrons. The Morgan fingerprint density at radius 1 is 1.20 bits per heavy atom. The number of nitrogens with zero attached hydrogens (tertiary/aromatic N) is 2. The highest BCUT2D eigenvalue weighted by Crippen LogP contribution is 2.25. The lowest BCUT2D eigenvalue weighted by Gasteiger charge is -2.04. The molecule has 2 heterocycles. The Hall–Kier alpha value is -2.49. The SMILES string of the molecule is CCCOc1cccn2cc(-c3ccc(N)cc3)nc12. The van der Waals surface area contributed by atoms with Crippen molar-refractivity contribution in [3.05, 3.63) is 48.8 Å². The van der Waals surface area contributed by atoms with Crippen LogP contribution >= 0.6 is 0 Å². The van der Waals surface area contributed by atoms with E-state index in [2.05, 4.69) is 11.9 Å². The molecule has 0 aliphatic heterocycles. The second-order valence-electron chi connectivity index (χ2n) is 4.70. The first kappa shape index (κ1) is 12.5. The first-order valence-electron chi connectivity index (χ1n) is 6.74. The summed E-state index contributed by atoms with van der Waals surface area (Å²) in [6, 6.07) is 11.6. The number of fused-ring (bicyclic) bond motifs is 1. The van der Waals surface area contributed by atoms with Gasteiger partial charge in [-0.3, -0.25) is 0 Å². The molecule has 0 radical (unpaired) electrons. The lowest BCUT2D eigenvalue weighted by Crippen LogP contribution is -1.97. The summed E-state index contributed by atoms with van der Waals surface area (Å²) in [5.41, 5.74) is 9.27. The third-order valence-corrected chi connectivity index (χ3v) is 3.12. The van der Waals surface area contributed by atoms with Crippen molar-refractivity contribution in [1.82, 2.24) is 9.38 Å². The predicted molar refractivity (Wildman–Crippen MR) is 80.8 cm³/mol. The van der Waals surface area contributed by atoms with E-state index in [1.807, 2.05) is 53.2 Å². The molecule has 0 bridgehead atoms. The molecule has 4 nitrogen and oxygen atoms in total. The number of nitrogens with two attached hydrogens (primary N) is 1. The fourth-order valence-electron chi connectivity index (χ4n) is 2.10. The third kappa shape index (κ3) is 2.32. The van der Waals surface area contributed by atoms with Gasteiger partial charge in [0, 0.05) is 23.6 Å². The number of anilines is 1. The molecule has 0 unspecified atom stereocenters. The van der Waals surface area contributed by atoms with Crippen molar-refractivity contribution >= 4 is 11.3 Å². The molecule has 2 N–H and O–H groups in total.